The van der Waals surface area contributed by atoms with Crippen molar-refractivity contribution in [2.45, 2.75) is 25.9 Å². The van der Waals surface area contributed by atoms with E-state index in [1.54, 1.807) is 11.3 Å². The summed E-state index contributed by atoms with van der Waals surface area (Å²) in [5.74, 6) is -1.39. The van der Waals surface area contributed by atoms with Crippen molar-refractivity contribution in [1.82, 2.24) is 10.6 Å². The maximum Gasteiger partial charge on any atom is 0.315 e. The molecule has 6 nitrogen and oxygen atoms in total. The van der Waals surface area contributed by atoms with Crippen LogP contribution in [-0.2, 0) is 9.53 Å². The van der Waals surface area contributed by atoms with Gasteiger partial charge in [-0.1, -0.05) is 19.9 Å². The predicted molar refractivity (Wildman–Crippen MR) is 79.3 cm³/mol. The van der Waals surface area contributed by atoms with Gasteiger partial charge >= 0.3 is 12.0 Å². The van der Waals surface area contributed by atoms with Crippen LogP contribution in [0.2, 0.25) is 0 Å². The van der Waals surface area contributed by atoms with Crippen LogP contribution in [0.15, 0.2) is 17.5 Å². The van der Waals surface area contributed by atoms with Gasteiger partial charge in [-0.25, -0.2) is 4.79 Å². The van der Waals surface area contributed by atoms with E-state index in [4.69, 9.17) is 9.84 Å². The lowest BCUT2D eigenvalue weighted by Crippen LogP contribution is -2.48. The molecule has 1 aromatic heterocycles. The van der Waals surface area contributed by atoms with Crippen molar-refractivity contribution in [3.63, 3.8) is 0 Å². The number of ether oxygens (including phenoxy) is 1. The SMILES string of the molecule is CC(C)C(NC(=O)NC1COCC1C(=O)O)c1cccs1. The summed E-state index contributed by atoms with van der Waals surface area (Å²) in [6, 6.07) is 2.99. The predicted octanol–water partition coefficient (Wildman–Crippen LogP) is 1.84. The van der Waals surface area contributed by atoms with Crippen LogP contribution in [-0.4, -0.2) is 36.4 Å². The Kier molecular flexibility index (Phi) is 5.19. The van der Waals surface area contributed by atoms with Crippen molar-refractivity contribution in [2.24, 2.45) is 11.8 Å². The summed E-state index contributed by atoms with van der Waals surface area (Å²) < 4.78 is 5.14. The first-order valence-corrected chi connectivity index (χ1v) is 7.78. The Balaban J connectivity index is 1.95. The molecule has 0 saturated carbocycles. The van der Waals surface area contributed by atoms with E-state index >= 15 is 0 Å². The molecule has 3 unspecified atom stereocenters. The molecule has 3 N–H and O–H groups in total. The summed E-state index contributed by atoms with van der Waals surface area (Å²) in [5.41, 5.74) is 0. The first-order valence-electron chi connectivity index (χ1n) is 6.90. The van der Waals surface area contributed by atoms with Gasteiger partial charge in [0.05, 0.1) is 25.3 Å². The molecule has 0 radical (unpaired) electrons. The molecular weight excluding hydrogens is 292 g/mol. The molecule has 116 valence electrons. The maximum atomic E-state index is 12.1. The van der Waals surface area contributed by atoms with E-state index in [-0.39, 0.29) is 31.2 Å². The number of amides is 2. The van der Waals surface area contributed by atoms with E-state index in [0.717, 1.165) is 4.88 Å². The minimum Gasteiger partial charge on any atom is -0.481 e. The van der Waals surface area contributed by atoms with Crippen LogP contribution in [0.4, 0.5) is 4.79 Å². The fourth-order valence-corrected chi connectivity index (χ4v) is 3.27. The highest BCUT2D eigenvalue weighted by atomic mass is 32.1. The molecular formula is C14H20N2O4S. The number of hydrogen-bond donors (Lipinski definition) is 3. The van der Waals surface area contributed by atoms with E-state index in [0.29, 0.717) is 0 Å². The van der Waals surface area contributed by atoms with Crippen molar-refractivity contribution in [2.75, 3.05) is 13.2 Å². The fraction of sp³-hybridized carbons (Fsp3) is 0.571. The van der Waals surface area contributed by atoms with Crippen molar-refractivity contribution in [3.8, 4) is 0 Å². The van der Waals surface area contributed by atoms with Gasteiger partial charge in [0.1, 0.15) is 5.92 Å². The molecule has 0 spiro atoms. The molecule has 2 rings (SSSR count). The first kappa shape index (κ1) is 15.8. The van der Waals surface area contributed by atoms with E-state index < -0.39 is 17.9 Å². The minimum absolute atomic E-state index is 0.0874. The quantitative estimate of drug-likeness (QED) is 0.774. The summed E-state index contributed by atoms with van der Waals surface area (Å²) in [5, 5.41) is 16.7. The minimum atomic E-state index is -0.948. The topological polar surface area (TPSA) is 87.7 Å². The fourth-order valence-electron chi connectivity index (χ4n) is 2.33. The molecule has 2 amide bonds. The molecule has 2 heterocycles. The molecule has 1 saturated heterocycles. The Labute approximate surface area is 127 Å². The molecule has 21 heavy (non-hydrogen) atoms. The number of urea groups is 1. The summed E-state index contributed by atoms with van der Waals surface area (Å²) >= 11 is 1.59. The Morgan fingerprint density at radius 2 is 2.19 bits per heavy atom. The van der Waals surface area contributed by atoms with Gasteiger partial charge < -0.3 is 20.5 Å². The number of thiophene rings is 1. The molecule has 1 aromatic rings. The number of carbonyl (C=O) groups excluding carboxylic acids is 1. The zero-order chi connectivity index (χ0) is 15.4. The zero-order valence-electron chi connectivity index (χ0n) is 12.0. The van der Waals surface area contributed by atoms with Crippen LogP contribution in [0.1, 0.15) is 24.8 Å². The van der Waals surface area contributed by atoms with E-state index in [9.17, 15) is 9.59 Å². The molecule has 1 fully saturated rings. The Morgan fingerprint density at radius 1 is 1.43 bits per heavy atom. The average Bonchev–Trinajstić information content (AvgIpc) is 3.06. The number of rotatable bonds is 5. The third-order valence-corrected chi connectivity index (χ3v) is 4.47. The number of aliphatic carboxylic acids is 1. The second kappa shape index (κ2) is 6.91. The lowest BCUT2D eigenvalue weighted by molar-refractivity contribution is -0.142. The summed E-state index contributed by atoms with van der Waals surface area (Å²) in [4.78, 5) is 24.3. The highest BCUT2D eigenvalue weighted by molar-refractivity contribution is 7.10. The van der Waals surface area contributed by atoms with Gasteiger partial charge in [-0.3, -0.25) is 4.79 Å². The van der Waals surface area contributed by atoms with Crippen molar-refractivity contribution < 1.29 is 19.4 Å². The summed E-state index contributed by atoms with van der Waals surface area (Å²) in [7, 11) is 0. The number of nitrogens with one attached hydrogen (secondary N) is 2. The van der Waals surface area contributed by atoms with E-state index in [1.807, 2.05) is 31.4 Å². The molecule has 1 aliphatic rings. The van der Waals surface area contributed by atoms with Gasteiger partial charge in [0, 0.05) is 4.88 Å². The van der Waals surface area contributed by atoms with Crippen LogP contribution >= 0.6 is 11.3 Å². The van der Waals surface area contributed by atoms with Gasteiger partial charge in [0.15, 0.2) is 0 Å². The van der Waals surface area contributed by atoms with Crippen LogP contribution in [0.5, 0.6) is 0 Å². The van der Waals surface area contributed by atoms with Crippen LogP contribution in [0, 0.1) is 11.8 Å². The second-order valence-corrected chi connectivity index (χ2v) is 6.42. The molecule has 0 aliphatic carbocycles. The lowest BCUT2D eigenvalue weighted by atomic mass is 10.0. The molecule has 0 aromatic carbocycles. The maximum absolute atomic E-state index is 12.1. The van der Waals surface area contributed by atoms with E-state index in [2.05, 4.69) is 10.6 Å². The monoisotopic (exact) mass is 312 g/mol. The summed E-state index contributed by atoms with van der Waals surface area (Å²) in [6.45, 7) is 4.43. The second-order valence-electron chi connectivity index (χ2n) is 5.44. The average molecular weight is 312 g/mol. The Hall–Kier alpha value is -1.60. The van der Waals surface area contributed by atoms with E-state index in [1.165, 1.54) is 0 Å². The Bertz CT molecular complexity index is 489. The van der Waals surface area contributed by atoms with Crippen molar-refractivity contribution >= 4 is 23.3 Å². The zero-order valence-corrected chi connectivity index (χ0v) is 12.9. The molecule has 0 bridgehead atoms. The normalized spacial score (nSPS) is 23.0. The third kappa shape index (κ3) is 3.95. The highest BCUT2D eigenvalue weighted by Crippen LogP contribution is 2.25. The standard InChI is InChI=1S/C14H20N2O4S/c1-8(2)12(11-4-3-5-21-11)16-14(19)15-10-7-20-6-9(10)13(17)18/h3-5,8-10,12H,6-7H2,1-2H3,(H,17,18)(H2,15,16,19). The van der Waals surface area contributed by atoms with Crippen molar-refractivity contribution in [3.05, 3.63) is 22.4 Å². The van der Waals surface area contributed by atoms with Gasteiger partial charge in [-0.05, 0) is 17.4 Å². The van der Waals surface area contributed by atoms with Crippen molar-refractivity contribution in [1.29, 1.82) is 0 Å². The first-order chi connectivity index (χ1) is 9.99. The molecule has 3 atom stereocenters. The lowest BCUT2D eigenvalue weighted by Gasteiger charge is -2.23. The molecule has 7 heteroatoms. The smallest absolute Gasteiger partial charge is 0.315 e. The van der Waals surface area contributed by atoms with Gasteiger partial charge in [-0.2, -0.15) is 0 Å². The number of carbonyl (C=O) groups is 2. The third-order valence-electron chi connectivity index (χ3n) is 3.52. The van der Waals surface area contributed by atoms with Crippen LogP contribution in [0.3, 0.4) is 0 Å². The van der Waals surface area contributed by atoms with Crippen LogP contribution in [0.25, 0.3) is 0 Å². The summed E-state index contributed by atoms with van der Waals surface area (Å²) in [6.07, 6.45) is 0. The molecule has 1 aliphatic heterocycles. The number of carboxylic acid groups (broad SMARTS) is 1. The van der Waals surface area contributed by atoms with Gasteiger partial charge in [-0.15, -0.1) is 11.3 Å². The van der Waals surface area contributed by atoms with Gasteiger partial charge in [0.2, 0.25) is 0 Å². The largest absolute Gasteiger partial charge is 0.481 e. The number of hydrogen-bond acceptors (Lipinski definition) is 4. The van der Waals surface area contributed by atoms with Crippen LogP contribution < -0.4 is 10.6 Å². The number of carboxylic acids is 1. The highest BCUT2D eigenvalue weighted by Gasteiger charge is 2.35. The van der Waals surface area contributed by atoms with Gasteiger partial charge in [0.25, 0.3) is 0 Å². The Morgan fingerprint density at radius 3 is 2.76 bits per heavy atom.